The van der Waals surface area contributed by atoms with Crippen molar-refractivity contribution in [2.75, 3.05) is 0 Å². The first-order valence-corrected chi connectivity index (χ1v) is 11.3. The average Bonchev–Trinajstić information content (AvgIpc) is 2.97. The standard InChI is InChI=1S/C25H38/c1-19-8-6-7-11-23(16-19)21-12-14-22(15-13-21)25-17-24(18-25)20-9-4-2-3-5-10-20/h2-5,9,19,21-25H,6-8,10-18H2,1H3. The highest BCUT2D eigenvalue weighted by molar-refractivity contribution is 5.26. The summed E-state index contributed by atoms with van der Waals surface area (Å²) in [6, 6.07) is 0. The van der Waals surface area contributed by atoms with E-state index in [1.54, 1.807) is 37.7 Å². The van der Waals surface area contributed by atoms with Crippen LogP contribution in [0.1, 0.15) is 84.0 Å². The molecule has 0 bridgehead atoms. The van der Waals surface area contributed by atoms with Crippen molar-refractivity contribution in [2.45, 2.75) is 84.0 Å². The van der Waals surface area contributed by atoms with E-state index in [-0.39, 0.29) is 0 Å². The van der Waals surface area contributed by atoms with Gasteiger partial charge in [-0.25, -0.2) is 0 Å². The maximum absolute atomic E-state index is 2.50. The van der Waals surface area contributed by atoms with Crippen molar-refractivity contribution in [3.05, 3.63) is 36.0 Å². The van der Waals surface area contributed by atoms with Crippen LogP contribution >= 0.6 is 0 Å². The Morgan fingerprint density at radius 1 is 0.680 bits per heavy atom. The third-order valence-corrected chi connectivity index (χ3v) is 8.10. The molecule has 4 rings (SSSR count). The molecule has 0 aromatic carbocycles. The van der Waals surface area contributed by atoms with Gasteiger partial charge in [0.2, 0.25) is 0 Å². The largest absolute Gasteiger partial charge is 0.0805 e. The summed E-state index contributed by atoms with van der Waals surface area (Å²) in [6.07, 6.45) is 29.3. The fraction of sp³-hybridized carbons (Fsp3) is 0.760. The zero-order valence-corrected chi connectivity index (χ0v) is 16.3. The molecule has 138 valence electrons. The van der Waals surface area contributed by atoms with Gasteiger partial charge in [0, 0.05) is 0 Å². The number of allylic oxidation sites excluding steroid dienone is 6. The Kier molecular flexibility index (Phi) is 5.83. The van der Waals surface area contributed by atoms with Gasteiger partial charge in [-0.3, -0.25) is 0 Å². The molecule has 25 heavy (non-hydrogen) atoms. The highest BCUT2D eigenvalue weighted by Gasteiger charge is 2.39. The van der Waals surface area contributed by atoms with Crippen molar-refractivity contribution in [1.82, 2.24) is 0 Å². The lowest BCUT2D eigenvalue weighted by atomic mass is 9.60. The average molecular weight is 339 g/mol. The van der Waals surface area contributed by atoms with Crippen LogP contribution < -0.4 is 0 Å². The molecule has 0 amide bonds. The normalized spacial score (nSPS) is 42.2. The molecule has 0 N–H and O–H groups in total. The van der Waals surface area contributed by atoms with E-state index < -0.39 is 0 Å². The topological polar surface area (TPSA) is 0 Å². The van der Waals surface area contributed by atoms with E-state index >= 15 is 0 Å². The molecule has 4 aliphatic carbocycles. The van der Waals surface area contributed by atoms with Gasteiger partial charge in [0.25, 0.3) is 0 Å². The molecule has 4 aliphatic rings. The first-order chi connectivity index (χ1) is 12.3. The summed E-state index contributed by atoms with van der Waals surface area (Å²) in [5.41, 5.74) is 1.70. The maximum atomic E-state index is 2.50. The van der Waals surface area contributed by atoms with Crippen molar-refractivity contribution in [2.24, 2.45) is 35.5 Å². The van der Waals surface area contributed by atoms with Gasteiger partial charge in [0.1, 0.15) is 0 Å². The lowest BCUT2D eigenvalue weighted by molar-refractivity contribution is 0.0831. The quantitative estimate of drug-likeness (QED) is 0.468. The summed E-state index contributed by atoms with van der Waals surface area (Å²) in [6.45, 7) is 2.50. The molecule has 3 fully saturated rings. The van der Waals surface area contributed by atoms with Crippen LogP contribution in [0.2, 0.25) is 0 Å². The van der Waals surface area contributed by atoms with Gasteiger partial charge in [-0.15, -0.1) is 0 Å². The highest BCUT2D eigenvalue weighted by atomic mass is 14.4. The Hall–Kier alpha value is -0.780. The zero-order chi connectivity index (χ0) is 17.1. The third kappa shape index (κ3) is 4.32. The summed E-state index contributed by atoms with van der Waals surface area (Å²) in [7, 11) is 0. The van der Waals surface area contributed by atoms with Crippen molar-refractivity contribution < 1.29 is 0 Å². The minimum Gasteiger partial charge on any atom is -0.0805 e. The van der Waals surface area contributed by atoms with Gasteiger partial charge in [-0.05, 0) is 86.9 Å². The molecule has 0 aliphatic heterocycles. The van der Waals surface area contributed by atoms with Crippen LogP contribution in [-0.2, 0) is 0 Å². The highest BCUT2D eigenvalue weighted by Crippen LogP contribution is 2.50. The Balaban J connectivity index is 1.23. The van der Waals surface area contributed by atoms with Gasteiger partial charge in [0.05, 0.1) is 0 Å². The fourth-order valence-corrected chi connectivity index (χ4v) is 6.41. The van der Waals surface area contributed by atoms with Crippen LogP contribution in [0.4, 0.5) is 0 Å². The van der Waals surface area contributed by atoms with Crippen LogP contribution in [0.25, 0.3) is 0 Å². The van der Waals surface area contributed by atoms with E-state index in [4.69, 9.17) is 0 Å². The third-order valence-electron chi connectivity index (χ3n) is 8.10. The zero-order valence-electron chi connectivity index (χ0n) is 16.3. The van der Waals surface area contributed by atoms with Crippen molar-refractivity contribution in [3.63, 3.8) is 0 Å². The number of hydrogen-bond acceptors (Lipinski definition) is 0. The lowest BCUT2D eigenvalue weighted by Gasteiger charge is -2.45. The summed E-state index contributed by atoms with van der Waals surface area (Å²) in [4.78, 5) is 0. The Labute approximate surface area is 155 Å². The second-order valence-electron chi connectivity index (χ2n) is 9.75. The van der Waals surface area contributed by atoms with Crippen molar-refractivity contribution in [1.29, 1.82) is 0 Å². The lowest BCUT2D eigenvalue weighted by Crippen LogP contribution is -2.34. The Bertz CT molecular complexity index is 508. The van der Waals surface area contributed by atoms with Gasteiger partial charge < -0.3 is 0 Å². The second kappa shape index (κ2) is 8.28. The van der Waals surface area contributed by atoms with Gasteiger partial charge in [-0.1, -0.05) is 68.6 Å². The molecule has 0 nitrogen and oxygen atoms in total. The smallest absolute Gasteiger partial charge is 0.0130 e. The minimum atomic E-state index is 0.901. The molecule has 2 unspecified atom stereocenters. The van der Waals surface area contributed by atoms with Crippen molar-refractivity contribution >= 4 is 0 Å². The summed E-state index contributed by atoms with van der Waals surface area (Å²) in [5, 5.41) is 0. The van der Waals surface area contributed by atoms with E-state index in [1.165, 1.54) is 44.9 Å². The molecule has 2 atom stereocenters. The molecule has 0 spiro atoms. The Morgan fingerprint density at radius 3 is 2.20 bits per heavy atom. The van der Waals surface area contributed by atoms with Crippen LogP contribution in [0.5, 0.6) is 0 Å². The molecular formula is C25H38. The van der Waals surface area contributed by atoms with E-state index in [0.29, 0.717) is 0 Å². The number of hydrogen-bond donors (Lipinski definition) is 0. The first-order valence-electron chi connectivity index (χ1n) is 11.3. The van der Waals surface area contributed by atoms with Crippen LogP contribution in [-0.4, -0.2) is 0 Å². The molecule has 0 heterocycles. The maximum Gasteiger partial charge on any atom is -0.0130 e. The van der Waals surface area contributed by atoms with Crippen LogP contribution in [0.3, 0.4) is 0 Å². The molecule has 3 saturated carbocycles. The molecule has 0 saturated heterocycles. The fourth-order valence-electron chi connectivity index (χ4n) is 6.41. The summed E-state index contributed by atoms with van der Waals surface area (Å²) >= 11 is 0. The van der Waals surface area contributed by atoms with Crippen molar-refractivity contribution in [3.8, 4) is 0 Å². The van der Waals surface area contributed by atoms with E-state index in [0.717, 1.165) is 35.5 Å². The predicted octanol–water partition coefficient (Wildman–Crippen LogP) is 7.48. The summed E-state index contributed by atoms with van der Waals surface area (Å²) in [5.74, 6) is 6.16. The van der Waals surface area contributed by atoms with E-state index in [2.05, 4.69) is 37.3 Å². The Morgan fingerprint density at radius 2 is 1.40 bits per heavy atom. The monoisotopic (exact) mass is 338 g/mol. The van der Waals surface area contributed by atoms with E-state index in [9.17, 15) is 0 Å². The SMILES string of the molecule is CC1CCCCC(C2CCC(C3CC(C4=CC=CC=CC4)C3)CC2)C1. The van der Waals surface area contributed by atoms with Crippen LogP contribution in [0.15, 0.2) is 36.0 Å². The molecule has 0 heteroatoms. The van der Waals surface area contributed by atoms with E-state index in [1.807, 2.05) is 0 Å². The number of rotatable bonds is 3. The molecule has 0 aromatic heterocycles. The summed E-state index contributed by atoms with van der Waals surface area (Å²) < 4.78 is 0. The minimum absolute atomic E-state index is 0.901. The van der Waals surface area contributed by atoms with Crippen LogP contribution in [0, 0.1) is 35.5 Å². The first kappa shape index (κ1) is 17.6. The van der Waals surface area contributed by atoms with Gasteiger partial charge >= 0.3 is 0 Å². The predicted molar refractivity (Wildman–Crippen MR) is 108 cm³/mol. The second-order valence-corrected chi connectivity index (χ2v) is 9.75. The molecule has 0 radical (unpaired) electrons. The molecule has 0 aromatic rings. The molecular weight excluding hydrogens is 300 g/mol. The van der Waals surface area contributed by atoms with Gasteiger partial charge in [0.15, 0.2) is 0 Å². The van der Waals surface area contributed by atoms with Gasteiger partial charge in [-0.2, -0.15) is 0 Å².